The number of hydrogen-bond donors (Lipinski definition) is 1. The lowest BCUT2D eigenvalue weighted by Crippen LogP contribution is -2.51. The minimum atomic E-state index is -0.891. The van der Waals surface area contributed by atoms with Crippen molar-refractivity contribution in [3.05, 3.63) is 36.2 Å². The number of carbonyl (C=O) groups excluding carboxylic acids is 1. The van der Waals surface area contributed by atoms with Gasteiger partial charge in [-0.3, -0.25) is 9.36 Å². The molecule has 0 saturated heterocycles. The van der Waals surface area contributed by atoms with Crippen molar-refractivity contribution in [3.63, 3.8) is 0 Å². The molecule has 0 bridgehead atoms. The van der Waals surface area contributed by atoms with Crippen molar-refractivity contribution >= 4 is 17.7 Å². The zero-order chi connectivity index (χ0) is 19.6. The average Bonchev–Trinajstić information content (AvgIpc) is 3.42. The molecular formula is C20H25N5OS. The largest absolute Gasteiger partial charge is 0.337 e. The molecule has 1 aliphatic carbocycles. The lowest BCUT2D eigenvalue weighted by Gasteiger charge is -2.28. The summed E-state index contributed by atoms with van der Waals surface area (Å²) in [5.74, 6) is 1.24. The number of nitriles is 1. The molecule has 1 fully saturated rings. The van der Waals surface area contributed by atoms with Gasteiger partial charge in [-0.05, 0) is 44.7 Å². The van der Waals surface area contributed by atoms with Gasteiger partial charge in [-0.2, -0.15) is 5.26 Å². The van der Waals surface area contributed by atoms with Crippen molar-refractivity contribution in [3.8, 4) is 11.8 Å². The maximum atomic E-state index is 12.7. The molecule has 0 radical (unpaired) electrons. The van der Waals surface area contributed by atoms with Crippen molar-refractivity contribution in [2.24, 2.45) is 5.92 Å². The fourth-order valence-electron chi connectivity index (χ4n) is 2.65. The first-order chi connectivity index (χ1) is 12.9. The molecule has 27 heavy (non-hydrogen) atoms. The summed E-state index contributed by atoms with van der Waals surface area (Å²) in [6.45, 7) is 7.44. The van der Waals surface area contributed by atoms with Crippen LogP contribution in [-0.2, 0) is 4.79 Å². The Kier molecular flexibility index (Phi) is 5.56. The number of para-hydroxylation sites is 1. The summed E-state index contributed by atoms with van der Waals surface area (Å²) < 4.78 is 2.05. The predicted molar refractivity (Wildman–Crippen MR) is 106 cm³/mol. The topological polar surface area (TPSA) is 83.6 Å². The summed E-state index contributed by atoms with van der Waals surface area (Å²) in [6, 6.07) is 12.2. The van der Waals surface area contributed by atoms with Crippen molar-refractivity contribution in [2.45, 2.75) is 62.4 Å². The third-order valence-corrected chi connectivity index (χ3v) is 6.08. The van der Waals surface area contributed by atoms with Gasteiger partial charge in [0.1, 0.15) is 11.4 Å². The lowest BCUT2D eigenvalue weighted by molar-refractivity contribution is -0.121. The molecule has 2 aromatic rings. The molecule has 3 rings (SSSR count). The van der Waals surface area contributed by atoms with Gasteiger partial charge in [-0.15, -0.1) is 10.2 Å². The van der Waals surface area contributed by atoms with Crippen LogP contribution in [0.25, 0.3) is 5.69 Å². The number of amides is 1. The molecule has 1 N–H and O–H groups in total. The highest BCUT2D eigenvalue weighted by Gasteiger charge is 2.34. The summed E-state index contributed by atoms with van der Waals surface area (Å²) in [7, 11) is 0. The number of benzene rings is 1. The van der Waals surface area contributed by atoms with E-state index in [1.807, 2.05) is 51.1 Å². The van der Waals surface area contributed by atoms with Crippen LogP contribution in [0.3, 0.4) is 0 Å². The summed E-state index contributed by atoms with van der Waals surface area (Å²) in [6.07, 6.45) is 2.25. The summed E-state index contributed by atoms with van der Waals surface area (Å²) in [5, 5.41) is 21.4. The number of nitrogens with zero attached hydrogens (tertiary/aromatic N) is 4. The number of thioether (sulfide) groups is 1. The molecule has 7 heteroatoms. The van der Waals surface area contributed by atoms with E-state index >= 15 is 0 Å². The highest BCUT2D eigenvalue weighted by Crippen LogP contribution is 2.41. The van der Waals surface area contributed by atoms with E-state index in [-0.39, 0.29) is 11.8 Å². The number of carbonyl (C=O) groups is 1. The first-order valence-corrected chi connectivity index (χ1v) is 10.1. The quantitative estimate of drug-likeness (QED) is 0.737. The van der Waals surface area contributed by atoms with E-state index in [0.717, 1.165) is 24.4 Å². The van der Waals surface area contributed by atoms with Gasteiger partial charge in [0.25, 0.3) is 0 Å². The monoisotopic (exact) mass is 383 g/mol. The van der Waals surface area contributed by atoms with E-state index in [1.54, 1.807) is 6.92 Å². The fourth-order valence-corrected chi connectivity index (χ4v) is 3.53. The molecule has 142 valence electrons. The average molecular weight is 384 g/mol. The molecule has 1 aromatic heterocycles. The van der Waals surface area contributed by atoms with Crippen LogP contribution in [0, 0.1) is 17.2 Å². The van der Waals surface area contributed by atoms with E-state index in [2.05, 4.69) is 26.2 Å². The third kappa shape index (κ3) is 4.16. The van der Waals surface area contributed by atoms with Gasteiger partial charge >= 0.3 is 0 Å². The molecule has 0 aliphatic heterocycles. The van der Waals surface area contributed by atoms with Gasteiger partial charge < -0.3 is 5.32 Å². The molecule has 6 nitrogen and oxygen atoms in total. The molecular weight excluding hydrogens is 358 g/mol. The van der Waals surface area contributed by atoms with Gasteiger partial charge in [0.05, 0.1) is 11.3 Å². The number of aromatic nitrogens is 3. The van der Waals surface area contributed by atoms with Crippen LogP contribution in [0.4, 0.5) is 0 Å². The Hall–Kier alpha value is -2.33. The SMILES string of the molecule is CC(Sc1nnc(C2CC2)n1-c1ccccc1)C(=O)NC(C)(C#N)C(C)C. The van der Waals surface area contributed by atoms with E-state index < -0.39 is 10.8 Å². The maximum absolute atomic E-state index is 12.7. The van der Waals surface area contributed by atoms with E-state index in [0.29, 0.717) is 11.1 Å². The minimum Gasteiger partial charge on any atom is -0.337 e. The van der Waals surface area contributed by atoms with Crippen LogP contribution in [0.5, 0.6) is 0 Å². The molecule has 1 heterocycles. The Morgan fingerprint density at radius 3 is 2.52 bits per heavy atom. The first kappa shape index (κ1) is 19.4. The second-order valence-corrected chi connectivity index (χ2v) is 8.81. The molecule has 2 unspecified atom stereocenters. The lowest BCUT2D eigenvalue weighted by atomic mass is 9.90. The predicted octanol–water partition coefficient (Wildman–Crippen LogP) is 3.68. The standard InChI is InChI=1S/C20H25N5OS/c1-13(2)20(4,12-21)22-18(26)14(3)27-19-24-23-17(15-10-11-15)25(19)16-8-6-5-7-9-16/h5-9,13-15H,10-11H2,1-4H3,(H,22,26). The van der Waals surface area contributed by atoms with Crippen LogP contribution < -0.4 is 5.32 Å². The summed E-state index contributed by atoms with van der Waals surface area (Å²) in [5.41, 5.74) is 0.113. The van der Waals surface area contributed by atoms with Crippen molar-refractivity contribution in [2.75, 3.05) is 0 Å². The number of nitrogens with one attached hydrogen (secondary N) is 1. The van der Waals surface area contributed by atoms with Gasteiger partial charge in [0.2, 0.25) is 5.91 Å². The van der Waals surface area contributed by atoms with Crippen molar-refractivity contribution < 1.29 is 4.79 Å². The Labute approximate surface area is 164 Å². The Bertz CT molecular complexity index is 853. The highest BCUT2D eigenvalue weighted by atomic mass is 32.2. The zero-order valence-corrected chi connectivity index (χ0v) is 17.0. The van der Waals surface area contributed by atoms with Crippen LogP contribution >= 0.6 is 11.8 Å². The van der Waals surface area contributed by atoms with Gasteiger partial charge in [0.15, 0.2) is 5.16 Å². The second-order valence-electron chi connectivity index (χ2n) is 7.50. The highest BCUT2D eigenvalue weighted by molar-refractivity contribution is 8.00. The van der Waals surface area contributed by atoms with E-state index in [4.69, 9.17) is 0 Å². The number of hydrogen-bond acceptors (Lipinski definition) is 5. The Morgan fingerprint density at radius 2 is 1.96 bits per heavy atom. The summed E-state index contributed by atoms with van der Waals surface area (Å²) in [4.78, 5) is 12.7. The van der Waals surface area contributed by atoms with Crippen molar-refractivity contribution in [1.29, 1.82) is 5.26 Å². The first-order valence-electron chi connectivity index (χ1n) is 9.26. The summed E-state index contributed by atoms with van der Waals surface area (Å²) >= 11 is 1.37. The van der Waals surface area contributed by atoms with Gasteiger partial charge in [-0.25, -0.2) is 0 Å². The Morgan fingerprint density at radius 1 is 1.30 bits per heavy atom. The maximum Gasteiger partial charge on any atom is 0.234 e. The Balaban J connectivity index is 1.82. The van der Waals surface area contributed by atoms with Gasteiger partial charge in [0, 0.05) is 11.6 Å². The molecule has 1 aliphatic rings. The zero-order valence-electron chi connectivity index (χ0n) is 16.1. The smallest absolute Gasteiger partial charge is 0.234 e. The molecule has 1 amide bonds. The minimum absolute atomic E-state index is 0.0121. The van der Waals surface area contributed by atoms with Crippen molar-refractivity contribution in [1.82, 2.24) is 20.1 Å². The van der Waals surface area contributed by atoms with E-state index in [9.17, 15) is 10.1 Å². The van der Waals surface area contributed by atoms with Crippen LogP contribution in [-0.4, -0.2) is 31.5 Å². The van der Waals surface area contributed by atoms with Crippen LogP contribution in [0.1, 0.15) is 52.3 Å². The van der Waals surface area contributed by atoms with Crippen LogP contribution in [0.15, 0.2) is 35.5 Å². The third-order valence-electron chi connectivity index (χ3n) is 5.04. The molecule has 1 saturated carbocycles. The normalized spacial score (nSPS) is 17.2. The molecule has 0 spiro atoms. The van der Waals surface area contributed by atoms with Gasteiger partial charge in [-0.1, -0.05) is 43.8 Å². The van der Waals surface area contributed by atoms with Crippen LogP contribution in [0.2, 0.25) is 0 Å². The molecule has 1 aromatic carbocycles. The fraction of sp³-hybridized carbons (Fsp3) is 0.500. The molecule has 2 atom stereocenters. The van der Waals surface area contributed by atoms with E-state index in [1.165, 1.54) is 11.8 Å². The second kappa shape index (κ2) is 7.73. The number of rotatable bonds is 7.